The molecular formula is C29H26N4O3. The van der Waals surface area contributed by atoms with E-state index in [9.17, 15) is 10.0 Å². The summed E-state index contributed by atoms with van der Waals surface area (Å²) in [7, 11) is 0. The van der Waals surface area contributed by atoms with Crippen molar-refractivity contribution in [3.63, 3.8) is 0 Å². The van der Waals surface area contributed by atoms with Gasteiger partial charge in [-0.1, -0.05) is 36.1 Å². The minimum Gasteiger partial charge on any atom is -0.398 e. The number of amides is 1. The van der Waals surface area contributed by atoms with Gasteiger partial charge in [0, 0.05) is 54.1 Å². The first kappa shape index (κ1) is 23.5. The second-order valence-corrected chi connectivity index (χ2v) is 8.66. The lowest BCUT2D eigenvalue weighted by Crippen LogP contribution is -2.35. The summed E-state index contributed by atoms with van der Waals surface area (Å²) in [5, 5.41) is 10.6. The maximum Gasteiger partial charge on any atom is 0.277 e. The van der Waals surface area contributed by atoms with Crippen molar-refractivity contribution in [3.05, 3.63) is 95.3 Å². The van der Waals surface area contributed by atoms with Crippen LogP contribution in [-0.2, 0) is 11.3 Å². The number of fused-ring (bicyclic) bond motifs is 1. The lowest BCUT2D eigenvalue weighted by atomic mass is 9.94. The Labute approximate surface area is 209 Å². The molecule has 4 N–H and O–H groups in total. The van der Waals surface area contributed by atoms with E-state index >= 15 is 0 Å². The Kier molecular flexibility index (Phi) is 6.92. The second kappa shape index (κ2) is 10.6. The number of ether oxygens (including phenoxy) is 1. The Morgan fingerprint density at radius 1 is 1.03 bits per heavy atom. The standard InChI is InChI=1S/C29H26N4O3/c30-28-25(17-24-11-12-31-18-26(24)27(28)29(34)32-35)23-9-7-21(8-10-23)2-1-20-3-5-22(6-4-20)19-33-13-15-36-16-14-33/h3-12,17-18,35H,13-16,19,30H2,(H,32,34). The van der Waals surface area contributed by atoms with Crippen LogP contribution in [-0.4, -0.2) is 47.3 Å². The van der Waals surface area contributed by atoms with Crippen LogP contribution in [0.15, 0.2) is 73.1 Å². The van der Waals surface area contributed by atoms with Crippen LogP contribution in [0.1, 0.15) is 27.0 Å². The molecule has 1 aliphatic heterocycles. The molecule has 0 atom stereocenters. The number of carbonyl (C=O) groups is 1. The Balaban J connectivity index is 1.35. The number of carbonyl (C=O) groups excluding carboxylic acids is 1. The highest BCUT2D eigenvalue weighted by molar-refractivity contribution is 6.14. The third kappa shape index (κ3) is 5.07. The Morgan fingerprint density at radius 2 is 1.69 bits per heavy atom. The minimum atomic E-state index is -0.675. The highest BCUT2D eigenvalue weighted by Gasteiger charge is 2.18. The van der Waals surface area contributed by atoms with Gasteiger partial charge in [0.1, 0.15) is 0 Å². The van der Waals surface area contributed by atoms with Crippen molar-refractivity contribution in [2.75, 3.05) is 32.0 Å². The molecule has 3 aromatic carbocycles. The van der Waals surface area contributed by atoms with Crippen LogP contribution < -0.4 is 11.2 Å². The van der Waals surface area contributed by atoms with Gasteiger partial charge in [0.15, 0.2) is 0 Å². The fourth-order valence-corrected chi connectivity index (χ4v) is 4.38. The van der Waals surface area contributed by atoms with E-state index in [4.69, 9.17) is 10.5 Å². The van der Waals surface area contributed by atoms with E-state index in [1.165, 1.54) is 5.56 Å². The number of nitrogen functional groups attached to an aromatic ring is 1. The van der Waals surface area contributed by atoms with Crippen molar-refractivity contribution in [2.45, 2.75) is 6.54 Å². The average molecular weight is 479 g/mol. The molecule has 1 aromatic heterocycles. The summed E-state index contributed by atoms with van der Waals surface area (Å²) >= 11 is 0. The van der Waals surface area contributed by atoms with E-state index in [-0.39, 0.29) is 11.3 Å². The van der Waals surface area contributed by atoms with Gasteiger partial charge in [-0.15, -0.1) is 0 Å². The summed E-state index contributed by atoms with van der Waals surface area (Å²) in [6, 6.07) is 19.8. The van der Waals surface area contributed by atoms with E-state index in [0.29, 0.717) is 10.9 Å². The van der Waals surface area contributed by atoms with Crippen LogP contribution in [0.4, 0.5) is 5.69 Å². The SMILES string of the molecule is Nc1c(-c2ccc(C#Cc3ccc(CN4CCOCC4)cc3)cc2)cc2ccncc2c1C(=O)NO. The third-order valence-electron chi connectivity index (χ3n) is 6.32. The molecule has 2 heterocycles. The number of hydrogen-bond donors (Lipinski definition) is 3. The zero-order valence-electron chi connectivity index (χ0n) is 19.7. The number of nitrogens with zero attached hydrogens (tertiary/aromatic N) is 2. The lowest BCUT2D eigenvalue weighted by Gasteiger charge is -2.26. The van der Waals surface area contributed by atoms with Gasteiger partial charge in [0.05, 0.1) is 24.5 Å². The molecule has 0 spiro atoms. The molecule has 5 rings (SSSR count). The quantitative estimate of drug-likeness (QED) is 0.178. The second-order valence-electron chi connectivity index (χ2n) is 8.66. The molecule has 1 fully saturated rings. The summed E-state index contributed by atoms with van der Waals surface area (Å²) < 4.78 is 5.41. The van der Waals surface area contributed by atoms with Crippen LogP contribution in [0.2, 0.25) is 0 Å². The molecule has 1 saturated heterocycles. The predicted octanol–water partition coefficient (Wildman–Crippen LogP) is 3.84. The third-order valence-corrected chi connectivity index (χ3v) is 6.32. The van der Waals surface area contributed by atoms with Crippen molar-refractivity contribution in [1.29, 1.82) is 0 Å². The summed E-state index contributed by atoms with van der Waals surface area (Å²) in [6.07, 6.45) is 3.21. The molecule has 0 unspecified atom stereocenters. The molecular weight excluding hydrogens is 452 g/mol. The normalized spacial score (nSPS) is 13.7. The number of morpholine rings is 1. The van der Waals surface area contributed by atoms with Crippen molar-refractivity contribution in [1.82, 2.24) is 15.4 Å². The molecule has 0 bridgehead atoms. The topological polar surface area (TPSA) is 101 Å². The van der Waals surface area contributed by atoms with Gasteiger partial charge < -0.3 is 10.5 Å². The molecule has 0 aliphatic carbocycles. The van der Waals surface area contributed by atoms with Crippen LogP contribution in [0.5, 0.6) is 0 Å². The van der Waals surface area contributed by atoms with Crippen LogP contribution >= 0.6 is 0 Å². The van der Waals surface area contributed by atoms with Gasteiger partial charge in [-0.05, 0) is 52.9 Å². The van der Waals surface area contributed by atoms with Crippen molar-refractivity contribution >= 4 is 22.4 Å². The first-order valence-electron chi connectivity index (χ1n) is 11.7. The molecule has 4 aromatic rings. The zero-order chi connectivity index (χ0) is 24.9. The average Bonchev–Trinajstić information content (AvgIpc) is 2.93. The number of rotatable bonds is 4. The zero-order valence-corrected chi connectivity index (χ0v) is 19.7. The number of anilines is 1. The minimum absolute atomic E-state index is 0.194. The molecule has 7 heteroatoms. The van der Waals surface area contributed by atoms with Crippen molar-refractivity contribution in [3.8, 4) is 23.0 Å². The van der Waals surface area contributed by atoms with Gasteiger partial charge in [0.2, 0.25) is 0 Å². The van der Waals surface area contributed by atoms with Gasteiger partial charge >= 0.3 is 0 Å². The number of pyridine rings is 1. The molecule has 180 valence electrons. The fraction of sp³-hybridized carbons (Fsp3) is 0.172. The lowest BCUT2D eigenvalue weighted by molar-refractivity contribution is 0.0342. The molecule has 36 heavy (non-hydrogen) atoms. The van der Waals surface area contributed by atoms with Gasteiger partial charge in [-0.25, -0.2) is 5.48 Å². The number of hydroxylamine groups is 1. The molecule has 0 saturated carbocycles. The number of nitrogens with one attached hydrogen (secondary N) is 1. The monoisotopic (exact) mass is 478 g/mol. The summed E-state index contributed by atoms with van der Waals surface area (Å²) in [5.41, 5.74) is 13.2. The van der Waals surface area contributed by atoms with E-state index in [0.717, 1.165) is 54.9 Å². The first-order valence-corrected chi connectivity index (χ1v) is 11.7. The fourth-order valence-electron chi connectivity index (χ4n) is 4.38. The van der Waals surface area contributed by atoms with E-state index < -0.39 is 5.91 Å². The summed E-state index contributed by atoms with van der Waals surface area (Å²) in [6.45, 7) is 4.46. The maximum absolute atomic E-state index is 12.3. The number of hydrogen-bond acceptors (Lipinski definition) is 6. The number of benzene rings is 3. The molecule has 7 nitrogen and oxygen atoms in total. The van der Waals surface area contributed by atoms with Crippen molar-refractivity contribution < 1.29 is 14.7 Å². The predicted molar refractivity (Wildman–Crippen MR) is 139 cm³/mol. The van der Waals surface area contributed by atoms with E-state index in [2.05, 4.69) is 46.0 Å². The first-order chi connectivity index (χ1) is 17.6. The largest absolute Gasteiger partial charge is 0.398 e. The van der Waals surface area contributed by atoms with Gasteiger partial charge in [0.25, 0.3) is 5.91 Å². The number of aromatic nitrogens is 1. The molecule has 1 aliphatic rings. The summed E-state index contributed by atoms with van der Waals surface area (Å²) in [4.78, 5) is 18.8. The van der Waals surface area contributed by atoms with E-state index in [1.54, 1.807) is 23.9 Å². The molecule has 1 amide bonds. The molecule has 0 radical (unpaired) electrons. The summed E-state index contributed by atoms with van der Waals surface area (Å²) in [5.74, 6) is 5.76. The van der Waals surface area contributed by atoms with Crippen LogP contribution in [0.3, 0.4) is 0 Å². The highest BCUT2D eigenvalue weighted by atomic mass is 16.5. The smallest absolute Gasteiger partial charge is 0.277 e. The van der Waals surface area contributed by atoms with Crippen LogP contribution in [0, 0.1) is 11.8 Å². The van der Waals surface area contributed by atoms with Crippen molar-refractivity contribution in [2.24, 2.45) is 0 Å². The Morgan fingerprint density at radius 3 is 2.36 bits per heavy atom. The maximum atomic E-state index is 12.3. The van der Waals surface area contributed by atoms with Crippen LogP contribution in [0.25, 0.3) is 21.9 Å². The number of nitrogens with two attached hydrogens (primary N) is 1. The Bertz CT molecular complexity index is 1450. The van der Waals surface area contributed by atoms with Gasteiger partial charge in [-0.3, -0.25) is 19.9 Å². The van der Waals surface area contributed by atoms with Gasteiger partial charge in [-0.2, -0.15) is 0 Å². The Hall–Kier alpha value is -4.22. The van der Waals surface area contributed by atoms with E-state index in [1.807, 2.05) is 30.3 Å². The highest BCUT2D eigenvalue weighted by Crippen LogP contribution is 2.34.